The third kappa shape index (κ3) is 4.25. The summed E-state index contributed by atoms with van der Waals surface area (Å²) >= 11 is 5.92. The van der Waals surface area contributed by atoms with Gasteiger partial charge in [0.1, 0.15) is 5.75 Å². The van der Waals surface area contributed by atoms with E-state index in [2.05, 4.69) is 5.32 Å². The third-order valence-electron chi connectivity index (χ3n) is 3.51. The number of nitrogens with one attached hydrogen (secondary N) is 1. The van der Waals surface area contributed by atoms with E-state index < -0.39 is 6.10 Å². The van der Waals surface area contributed by atoms with E-state index in [0.717, 1.165) is 5.56 Å². The van der Waals surface area contributed by atoms with Crippen LogP contribution in [-0.4, -0.2) is 12.0 Å². The van der Waals surface area contributed by atoms with Gasteiger partial charge in [0.05, 0.1) is 0 Å². The van der Waals surface area contributed by atoms with Crippen LogP contribution < -0.4 is 10.1 Å². The molecule has 4 heteroatoms. The average Bonchev–Trinajstić information content (AvgIpc) is 2.48. The highest BCUT2D eigenvalue weighted by molar-refractivity contribution is 6.30. The second-order valence-corrected chi connectivity index (χ2v) is 5.70. The minimum Gasteiger partial charge on any atom is -0.481 e. The van der Waals surface area contributed by atoms with Crippen molar-refractivity contribution in [2.24, 2.45) is 0 Å². The average molecular weight is 318 g/mol. The number of hydrogen-bond acceptors (Lipinski definition) is 2. The lowest BCUT2D eigenvalue weighted by Crippen LogP contribution is -2.32. The monoisotopic (exact) mass is 317 g/mol. The molecule has 1 atom stereocenters. The molecule has 22 heavy (non-hydrogen) atoms. The van der Waals surface area contributed by atoms with Crippen molar-refractivity contribution in [3.8, 4) is 5.75 Å². The predicted octanol–water partition coefficient (Wildman–Crippen LogP) is 4.75. The van der Waals surface area contributed by atoms with Gasteiger partial charge >= 0.3 is 0 Å². The second-order valence-electron chi connectivity index (χ2n) is 5.26. The number of aryl methyl sites for hydroxylation is 2. The summed E-state index contributed by atoms with van der Waals surface area (Å²) < 4.78 is 5.82. The molecule has 3 nitrogen and oxygen atoms in total. The first kappa shape index (κ1) is 16.4. The van der Waals surface area contributed by atoms with Crippen LogP contribution in [0.3, 0.4) is 0 Å². The first-order chi connectivity index (χ1) is 10.5. The highest BCUT2D eigenvalue weighted by Crippen LogP contribution is 2.20. The molecule has 0 spiro atoms. The summed E-state index contributed by atoms with van der Waals surface area (Å²) in [6, 6.07) is 12.9. The fraction of sp³-hybridized carbons (Fsp3) is 0.278. The van der Waals surface area contributed by atoms with E-state index in [4.69, 9.17) is 16.3 Å². The van der Waals surface area contributed by atoms with E-state index in [9.17, 15) is 4.79 Å². The van der Waals surface area contributed by atoms with Gasteiger partial charge in [0.15, 0.2) is 6.10 Å². The molecule has 2 aromatic carbocycles. The number of halogens is 1. The van der Waals surface area contributed by atoms with Gasteiger partial charge in [-0.25, -0.2) is 0 Å². The fourth-order valence-corrected chi connectivity index (χ4v) is 2.25. The summed E-state index contributed by atoms with van der Waals surface area (Å²) in [6.07, 6.45) is 0.0420. The minimum atomic E-state index is -0.541. The molecule has 2 rings (SSSR count). The lowest BCUT2D eigenvalue weighted by atomic mass is 10.1. The van der Waals surface area contributed by atoms with Crippen LogP contribution >= 0.6 is 11.6 Å². The lowest BCUT2D eigenvalue weighted by Gasteiger charge is -2.18. The van der Waals surface area contributed by atoms with Gasteiger partial charge in [0.25, 0.3) is 5.91 Å². The molecule has 0 unspecified atom stereocenters. The SMILES string of the molecule is CC[C@H](Oc1ccc(C)c(C)c1)C(=O)Nc1cccc(Cl)c1. The van der Waals surface area contributed by atoms with E-state index in [1.54, 1.807) is 24.3 Å². The topological polar surface area (TPSA) is 38.3 Å². The Hall–Kier alpha value is -2.00. The molecule has 116 valence electrons. The van der Waals surface area contributed by atoms with Crippen LogP contribution in [0.5, 0.6) is 5.75 Å². The molecule has 0 aromatic heterocycles. The van der Waals surface area contributed by atoms with Crippen molar-refractivity contribution in [1.82, 2.24) is 0 Å². The first-order valence-electron chi connectivity index (χ1n) is 7.30. The lowest BCUT2D eigenvalue weighted by molar-refractivity contribution is -0.122. The number of anilines is 1. The number of rotatable bonds is 5. The Kier molecular flexibility index (Phi) is 5.45. The molecule has 1 amide bonds. The van der Waals surface area contributed by atoms with E-state index in [-0.39, 0.29) is 5.91 Å². The van der Waals surface area contributed by atoms with Gasteiger partial charge in [-0.15, -0.1) is 0 Å². The zero-order chi connectivity index (χ0) is 16.1. The summed E-state index contributed by atoms with van der Waals surface area (Å²) in [6.45, 7) is 5.99. The third-order valence-corrected chi connectivity index (χ3v) is 3.75. The van der Waals surface area contributed by atoms with Gasteiger partial charge in [-0.3, -0.25) is 4.79 Å². The smallest absolute Gasteiger partial charge is 0.265 e. The van der Waals surface area contributed by atoms with Gasteiger partial charge in [-0.2, -0.15) is 0 Å². The maximum atomic E-state index is 12.3. The van der Waals surface area contributed by atoms with Crippen molar-refractivity contribution in [2.45, 2.75) is 33.3 Å². The number of benzene rings is 2. The maximum absolute atomic E-state index is 12.3. The van der Waals surface area contributed by atoms with Crippen LogP contribution in [0.4, 0.5) is 5.69 Å². The highest BCUT2D eigenvalue weighted by atomic mass is 35.5. The van der Waals surface area contributed by atoms with Crippen molar-refractivity contribution >= 4 is 23.2 Å². The zero-order valence-corrected chi connectivity index (χ0v) is 13.8. The van der Waals surface area contributed by atoms with Crippen LogP contribution in [0.15, 0.2) is 42.5 Å². The Morgan fingerprint density at radius 2 is 1.95 bits per heavy atom. The highest BCUT2D eigenvalue weighted by Gasteiger charge is 2.18. The number of amides is 1. The summed E-state index contributed by atoms with van der Waals surface area (Å²) in [5.74, 6) is 0.527. The number of hydrogen-bond donors (Lipinski definition) is 1. The van der Waals surface area contributed by atoms with Gasteiger partial charge in [-0.1, -0.05) is 30.7 Å². The molecule has 0 bridgehead atoms. The fourth-order valence-electron chi connectivity index (χ4n) is 2.06. The van der Waals surface area contributed by atoms with Gasteiger partial charge in [0, 0.05) is 10.7 Å². The Morgan fingerprint density at radius 3 is 2.59 bits per heavy atom. The molecule has 0 aliphatic heterocycles. The molecule has 2 aromatic rings. The van der Waals surface area contributed by atoms with E-state index in [0.29, 0.717) is 22.9 Å². The van der Waals surface area contributed by atoms with E-state index in [1.807, 2.05) is 39.0 Å². The maximum Gasteiger partial charge on any atom is 0.265 e. The van der Waals surface area contributed by atoms with Crippen molar-refractivity contribution in [1.29, 1.82) is 0 Å². The van der Waals surface area contributed by atoms with Crippen molar-refractivity contribution in [2.75, 3.05) is 5.32 Å². The zero-order valence-electron chi connectivity index (χ0n) is 13.0. The standard InChI is InChI=1S/C18H20ClNO2/c1-4-17(22-16-9-8-12(2)13(3)10-16)18(21)20-15-7-5-6-14(19)11-15/h5-11,17H,4H2,1-3H3,(H,20,21)/t17-/m0/s1. The summed E-state index contributed by atoms with van der Waals surface area (Å²) in [5, 5.41) is 3.42. The molecule has 0 radical (unpaired) electrons. The molecule has 0 aliphatic carbocycles. The van der Waals surface area contributed by atoms with E-state index in [1.165, 1.54) is 5.56 Å². The van der Waals surface area contributed by atoms with Crippen LogP contribution in [0.25, 0.3) is 0 Å². The molecule has 1 N–H and O–H groups in total. The second kappa shape index (κ2) is 7.32. The largest absolute Gasteiger partial charge is 0.481 e. The van der Waals surface area contributed by atoms with Crippen molar-refractivity contribution in [3.63, 3.8) is 0 Å². The quantitative estimate of drug-likeness (QED) is 0.864. The van der Waals surface area contributed by atoms with Crippen LogP contribution in [0.2, 0.25) is 5.02 Å². The molecule has 0 saturated carbocycles. The van der Waals surface area contributed by atoms with Crippen LogP contribution in [0, 0.1) is 13.8 Å². The Labute approximate surface area is 136 Å². The van der Waals surface area contributed by atoms with Crippen molar-refractivity contribution < 1.29 is 9.53 Å². The number of carbonyl (C=O) groups is 1. The molecular formula is C18H20ClNO2. The van der Waals surface area contributed by atoms with Gasteiger partial charge in [-0.05, 0) is 61.7 Å². The number of ether oxygens (including phenoxy) is 1. The minimum absolute atomic E-state index is 0.178. The number of carbonyl (C=O) groups excluding carboxylic acids is 1. The summed E-state index contributed by atoms with van der Waals surface area (Å²) in [7, 11) is 0. The van der Waals surface area contributed by atoms with Crippen LogP contribution in [0.1, 0.15) is 24.5 Å². The molecule has 0 heterocycles. The normalized spacial score (nSPS) is 11.8. The predicted molar refractivity (Wildman–Crippen MR) is 90.7 cm³/mol. The van der Waals surface area contributed by atoms with Gasteiger partial charge < -0.3 is 10.1 Å². The molecule has 0 saturated heterocycles. The Balaban J connectivity index is 2.07. The van der Waals surface area contributed by atoms with E-state index >= 15 is 0 Å². The molecular weight excluding hydrogens is 298 g/mol. The van der Waals surface area contributed by atoms with Crippen molar-refractivity contribution in [3.05, 3.63) is 58.6 Å². The molecule has 0 aliphatic rings. The summed E-state index contributed by atoms with van der Waals surface area (Å²) in [5.41, 5.74) is 3.01. The Morgan fingerprint density at radius 1 is 1.18 bits per heavy atom. The Bertz CT molecular complexity index is 670. The first-order valence-corrected chi connectivity index (χ1v) is 7.67. The van der Waals surface area contributed by atoms with Gasteiger partial charge in [0.2, 0.25) is 0 Å². The van der Waals surface area contributed by atoms with Crippen LogP contribution in [-0.2, 0) is 4.79 Å². The molecule has 0 fully saturated rings. The summed E-state index contributed by atoms with van der Waals surface area (Å²) in [4.78, 5) is 12.3.